The van der Waals surface area contributed by atoms with E-state index in [1.165, 1.54) is 9.80 Å². The van der Waals surface area contributed by atoms with E-state index < -0.39 is 41.0 Å². The SMILES string of the molecule is C=CCCOC(=O)[C@H]1[C@H]2C(=O)N(CCO)C(C(=O)N(CC=C)c3ccccc3Cl)C23CC(C)[C@]1(C)O3. The summed E-state index contributed by atoms with van der Waals surface area (Å²) >= 11 is 6.44. The molecule has 2 bridgehead atoms. The van der Waals surface area contributed by atoms with Crippen LogP contribution >= 0.6 is 11.6 Å². The molecule has 0 aromatic heterocycles. The Bertz CT molecular complexity index is 1080. The van der Waals surface area contributed by atoms with Crippen LogP contribution in [0.4, 0.5) is 5.69 Å². The third-order valence-electron chi connectivity index (χ3n) is 7.93. The first-order valence-corrected chi connectivity index (χ1v) is 12.6. The molecule has 0 aliphatic carbocycles. The highest BCUT2D eigenvalue weighted by molar-refractivity contribution is 6.34. The van der Waals surface area contributed by atoms with Crippen LogP contribution in [0.5, 0.6) is 0 Å². The minimum atomic E-state index is -1.24. The van der Waals surface area contributed by atoms with E-state index >= 15 is 0 Å². The summed E-state index contributed by atoms with van der Waals surface area (Å²) in [6, 6.07) is 5.90. The van der Waals surface area contributed by atoms with Crippen LogP contribution in [-0.4, -0.2) is 71.3 Å². The Balaban J connectivity index is 1.79. The number of amides is 2. The Labute approximate surface area is 216 Å². The van der Waals surface area contributed by atoms with Gasteiger partial charge in [-0.2, -0.15) is 0 Å². The van der Waals surface area contributed by atoms with Crippen molar-refractivity contribution < 1.29 is 29.0 Å². The second-order valence-corrected chi connectivity index (χ2v) is 10.3. The number of carbonyl (C=O) groups is 3. The van der Waals surface area contributed by atoms with Crippen LogP contribution < -0.4 is 4.90 Å². The molecule has 2 amide bonds. The number of rotatable bonds is 10. The number of hydrogen-bond donors (Lipinski definition) is 1. The van der Waals surface area contributed by atoms with Crippen molar-refractivity contribution in [2.45, 2.75) is 43.9 Å². The largest absolute Gasteiger partial charge is 0.465 e. The summed E-state index contributed by atoms with van der Waals surface area (Å²) in [5, 5.41) is 10.2. The number of ether oxygens (including phenoxy) is 2. The zero-order chi connectivity index (χ0) is 26.3. The van der Waals surface area contributed by atoms with Gasteiger partial charge in [0.15, 0.2) is 0 Å². The fraction of sp³-hybridized carbons (Fsp3) is 0.519. The first-order chi connectivity index (χ1) is 17.2. The quantitative estimate of drug-likeness (QED) is 0.292. The number of fused-ring (bicyclic) bond motifs is 1. The zero-order valence-corrected chi connectivity index (χ0v) is 21.4. The maximum Gasteiger partial charge on any atom is 0.312 e. The highest BCUT2D eigenvalue weighted by atomic mass is 35.5. The summed E-state index contributed by atoms with van der Waals surface area (Å²) in [4.78, 5) is 44.3. The Hall–Kier alpha value is -2.68. The minimum absolute atomic E-state index is 0.0649. The monoisotopic (exact) mass is 516 g/mol. The van der Waals surface area contributed by atoms with Crippen molar-refractivity contribution in [1.29, 1.82) is 0 Å². The molecule has 8 nitrogen and oxygen atoms in total. The summed E-state index contributed by atoms with van der Waals surface area (Å²) in [5.74, 6) is -3.18. The van der Waals surface area contributed by atoms with Crippen LogP contribution in [-0.2, 0) is 23.9 Å². The third kappa shape index (κ3) is 3.86. The molecule has 3 heterocycles. The number of nitrogens with zero attached hydrogens (tertiary/aromatic N) is 2. The summed E-state index contributed by atoms with van der Waals surface area (Å²) in [7, 11) is 0. The lowest BCUT2D eigenvalue weighted by Crippen LogP contribution is -2.57. The van der Waals surface area contributed by atoms with E-state index in [1.54, 1.807) is 36.4 Å². The molecule has 36 heavy (non-hydrogen) atoms. The number of benzene rings is 1. The molecular formula is C27H33ClN2O6. The molecular weight excluding hydrogens is 484 g/mol. The highest BCUT2D eigenvalue weighted by Crippen LogP contribution is 2.65. The topological polar surface area (TPSA) is 96.4 Å². The predicted octanol–water partition coefficient (Wildman–Crippen LogP) is 2.98. The lowest BCUT2D eigenvalue weighted by atomic mass is 9.62. The van der Waals surface area contributed by atoms with E-state index in [4.69, 9.17) is 21.1 Å². The standard InChI is InChI=1S/C27H33ClN2O6/c1-5-7-15-35-25(34)21-20-23(32)30(13-14-31)22(27(20)16-17(3)26(21,4)36-27)24(33)29(12-6-2)19-11-9-8-10-18(19)28/h5-6,8-11,17,20-22,31H,1-2,7,12-16H2,3-4H3/t17?,20-,21+,22?,26-,27?/m0/s1. The Morgan fingerprint density at radius 3 is 2.69 bits per heavy atom. The van der Waals surface area contributed by atoms with Crippen molar-refractivity contribution in [3.05, 3.63) is 54.6 Å². The molecule has 4 rings (SSSR count). The molecule has 1 aromatic carbocycles. The molecule has 3 aliphatic rings. The number of carbonyl (C=O) groups excluding carboxylic acids is 3. The van der Waals surface area contributed by atoms with Gasteiger partial charge in [-0.3, -0.25) is 14.4 Å². The van der Waals surface area contributed by atoms with Crippen LogP contribution in [0.25, 0.3) is 0 Å². The predicted molar refractivity (Wildman–Crippen MR) is 135 cm³/mol. The van der Waals surface area contributed by atoms with Gasteiger partial charge in [0.1, 0.15) is 17.6 Å². The number of anilines is 1. The highest BCUT2D eigenvalue weighted by Gasteiger charge is 2.80. The van der Waals surface area contributed by atoms with E-state index in [0.717, 1.165) is 0 Å². The maximum absolute atomic E-state index is 14.3. The van der Waals surface area contributed by atoms with Gasteiger partial charge in [0, 0.05) is 13.1 Å². The Morgan fingerprint density at radius 2 is 2.06 bits per heavy atom. The second kappa shape index (κ2) is 10.00. The van der Waals surface area contributed by atoms with Crippen LogP contribution in [0.1, 0.15) is 26.7 Å². The van der Waals surface area contributed by atoms with Gasteiger partial charge in [-0.15, -0.1) is 13.2 Å². The Morgan fingerprint density at radius 1 is 1.33 bits per heavy atom. The lowest BCUT2D eigenvalue weighted by Gasteiger charge is -2.37. The van der Waals surface area contributed by atoms with Crippen LogP contribution in [0.3, 0.4) is 0 Å². The third-order valence-corrected chi connectivity index (χ3v) is 8.25. The number of β-amino-alcohol motifs (C(OH)–C–C–N with tert-alkyl or cyclic N) is 1. The number of esters is 1. The minimum Gasteiger partial charge on any atom is -0.465 e. The van der Waals surface area contributed by atoms with Crippen molar-refractivity contribution >= 4 is 35.1 Å². The number of aliphatic hydroxyl groups excluding tert-OH is 1. The van der Waals surface area contributed by atoms with Crippen molar-refractivity contribution in [2.24, 2.45) is 17.8 Å². The fourth-order valence-electron chi connectivity index (χ4n) is 6.31. The fourth-order valence-corrected chi connectivity index (χ4v) is 6.55. The van der Waals surface area contributed by atoms with Gasteiger partial charge < -0.3 is 24.4 Å². The van der Waals surface area contributed by atoms with Gasteiger partial charge in [0.05, 0.1) is 35.4 Å². The van der Waals surface area contributed by atoms with Gasteiger partial charge in [0.25, 0.3) is 5.91 Å². The van der Waals surface area contributed by atoms with Gasteiger partial charge in [-0.1, -0.05) is 42.8 Å². The number of aliphatic hydroxyl groups is 1. The van der Waals surface area contributed by atoms with E-state index in [-0.39, 0.29) is 38.1 Å². The molecule has 0 radical (unpaired) electrons. The number of likely N-dealkylation sites (tertiary alicyclic amines) is 1. The molecule has 194 valence electrons. The van der Waals surface area contributed by atoms with E-state index in [9.17, 15) is 19.5 Å². The Kier molecular flexibility index (Phi) is 7.33. The summed E-state index contributed by atoms with van der Waals surface area (Å²) in [5.41, 5.74) is -1.73. The molecule has 1 N–H and O–H groups in total. The molecule has 6 atom stereocenters. The maximum atomic E-state index is 14.3. The average Bonchev–Trinajstić information content (AvgIpc) is 3.35. The van der Waals surface area contributed by atoms with Crippen molar-refractivity contribution in [3.63, 3.8) is 0 Å². The number of halogens is 1. The summed E-state index contributed by atoms with van der Waals surface area (Å²) < 4.78 is 12.1. The molecule has 3 unspecified atom stereocenters. The van der Waals surface area contributed by atoms with Crippen LogP contribution in [0.15, 0.2) is 49.6 Å². The van der Waals surface area contributed by atoms with Crippen molar-refractivity contribution in [2.75, 3.05) is 31.2 Å². The van der Waals surface area contributed by atoms with E-state index in [0.29, 0.717) is 23.6 Å². The molecule has 1 aromatic rings. The summed E-state index contributed by atoms with van der Waals surface area (Å²) in [6.45, 7) is 11.1. The normalized spacial score (nSPS) is 32.3. The van der Waals surface area contributed by atoms with Crippen molar-refractivity contribution in [3.8, 4) is 0 Å². The average molecular weight is 517 g/mol. The lowest BCUT2D eigenvalue weighted by molar-refractivity contribution is -0.161. The molecule has 3 aliphatic heterocycles. The van der Waals surface area contributed by atoms with Crippen LogP contribution in [0, 0.1) is 17.8 Å². The first kappa shape index (κ1) is 26.4. The smallest absolute Gasteiger partial charge is 0.312 e. The van der Waals surface area contributed by atoms with Gasteiger partial charge in [-0.25, -0.2) is 0 Å². The van der Waals surface area contributed by atoms with Crippen LogP contribution in [0.2, 0.25) is 5.02 Å². The zero-order valence-electron chi connectivity index (χ0n) is 20.7. The molecule has 3 fully saturated rings. The first-order valence-electron chi connectivity index (χ1n) is 12.2. The van der Waals surface area contributed by atoms with E-state index in [1.807, 2.05) is 13.8 Å². The summed E-state index contributed by atoms with van der Waals surface area (Å²) in [6.07, 6.45) is 4.14. The molecule has 3 saturated heterocycles. The second-order valence-electron chi connectivity index (χ2n) is 9.89. The van der Waals surface area contributed by atoms with Crippen molar-refractivity contribution in [1.82, 2.24) is 4.90 Å². The molecule has 9 heteroatoms. The number of para-hydroxylation sites is 1. The molecule has 1 spiro atoms. The number of hydrogen-bond acceptors (Lipinski definition) is 6. The van der Waals surface area contributed by atoms with E-state index in [2.05, 4.69) is 13.2 Å². The van der Waals surface area contributed by atoms with Gasteiger partial charge >= 0.3 is 5.97 Å². The van der Waals surface area contributed by atoms with Gasteiger partial charge in [0.2, 0.25) is 5.91 Å². The molecule has 0 saturated carbocycles. The van der Waals surface area contributed by atoms with Gasteiger partial charge in [-0.05, 0) is 37.8 Å².